The maximum Gasteiger partial charge on any atom is 0.338 e. The monoisotopic (exact) mass is 518 g/mol. The molecule has 0 aliphatic carbocycles. The van der Waals surface area contributed by atoms with E-state index in [9.17, 15) is 9.59 Å². The molecule has 0 spiro atoms. The van der Waals surface area contributed by atoms with Gasteiger partial charge in [0.15, 0.2) is 4.80 Å². The minimum Gasteiger partial charge on any atom is -0.494 e. The molecule has 2 heterocycles. The fraction of sp³-hybridized carbons (Fsp3) is 0.276. The number of nitrogens with zero attached hydrogens (tertiary/aromatic N) is 2. The normalized spacial score (nSPS) is 15.3. The molecule has 0 fully saturated rings. The van der Waals surface area contributed by atoms with E-state index in [4.69, 9.17) is 14.2 Å². The minimum absolute atomic E-state index is 0.225. The van der Waals surface area contributed by atoms with Crippen LogP contribution in [0.5, 0.6) is 11.5 Å². The van der Waals surface area contributed by atoms with Crippen LogP contribution in [-0.2, 0) is 9.53 Å². The molecule has 1 aliphatic heterocycles. The molecule has 0 unspecified atom stereocenters. The zero-order valence-corrected chi connectivity index (χ0v) is 22.2. The third-order valence-corrected chi connectivity index (χ3v) is 6.62. The molecule has 8 heteroatoms. The maximum atomic E-state index is 13.7. The van der Waals surface area contributed by atoms with Crippen LogP contribution in [0.1, 0.15) is 44.9 Å². The van der Waals surface area contributed by atoms with Crippen molar-refractivity contribution in [3.8, 4) is 11.5 Å². The molecule has 192 valence electrons. The second-order valence-corrected chi connectivity index (χ2v) is 9.72. The number of hydrogen-bond donors (Lipinski definition) is 0. The van der Waals surface area contributed by atoms with Crippen molar-refractivity contribution in [3.63, 3.8) is 0 Å². The summed E-state index contributed by atoms with van der Waals surface area (Å²) in [5.74, 6) is 0.948. The van der Waals surface area contributed by atoms with E-state index in [0.717, 1.165) is 16.9 Å². The summed E-state index contributed by atoms with van der Waals surface area (Å²) in [5.41, 5.74) is 2.27. The van der Waals surface area contributed by atoms with Gasteiger partial charge in [-0.1, -0.05) is 48.3 Å². The third kappa shape index (κ3) is 5.75. The molecule has 0 bridgehead atoms. The van der Waals surface area contributed by atoms with Crippen molar-refractivity contribution >= 4 is 23.4 Å². The second-order valence-electron chi connectivity index (χ2n) is 8.71. The molecule has 0 saturated carbocycles. The van der Waals surface area contributed by atoms with Gasteiger partial charge in [0.2, 0.25) is 0 Å². The Morgan fingerprint density at radius 1 is 1.11 bits per heavy atom. The zero-order valence-electron chi connectivity index (χ0n) is 21.4. The van der Waals surface area contributed by atoms with Crippen LogP contribution in [0.25, 0.3) is 6.08 Å². The average molecular weight is 519 g/mol. The van der Waals surface area contributed by atoms with Gasteiger partial charge in [-0.05, 0) is 69.2 Å². The number of rotatable bonds is 9. The molecule has 0 N–H and O–H groups in total. The van der Waals surface area contributed by atoms with Crippen molar-refractivity contribution in [2.75, 3.05) is 13.2 Å². The van der Waals surface area contributed by atoms with Crippen molar-refractivity contribution in [3.05, 3.63) is 103 Å². The fourth-order valence-electron chi connectivity index (χ4n) is 4.06. The van der Waals surface area contributed by atoms with Gasteiger partial charge >= 0.3 is 5.97 Å². The highest BCUT2D eigenvalue weighted by atomic mass is 32.1. The van der Waals surface area contributed by atoms with Gasteiger partial charge in [-0.15, -0.1) is 0 Å². The quantitative estimate of drug-likeness (QED) is 0.314. The van der Waals surface area contributed by atoms with Crippen molar-refractivity contribution in [1.29, 1.82) is 0 Å². The molecule has 37 heavy (non-hydrogen) atoms. The zero-order chi connectivity index (χ0) is 26.5. The largest absolute Gasteiger partial charge is 0.494 e. The number of benzene rings is 2. The van der Waals surface area contributed by atoms with Gasteiger partial charge < -0.3 is 14.2 Å². The molecule has 0 amide bonds. The van der Waals surface area contributed by atoms with Crippen molar-refractivity contribution < 1.29 is 19.0 Å². The van der Waals surface area contributed by atoms with Crippen LogP contribution in [0, 0.1) is 0 Å². The smallest absolute Gasteiger partial charge is 0.338 e. The van der Waals surface area contributed by atoms with E-state index in [-0.39, 0.29) is 11.7 Å². The predicted molar refractivity (Wildman–Crippen MR) is 145 cm³/mol. The lowest BCUT2D eigenvalue weighted by Gasteiger charge is -2.25. The van der Waals surface area contributed by atoms with Crippen LogP contribution in [0.15, 0.2) is 82.2 Å². The van der Waals surface area contributed by atoms with Crippen molar-refractivity contribution in [2.45, 2.75) is 39.8 Å². The summed E-state index contributed by atoms with van der Waals surface area (Å²) in [6.45, 7) is 11.9. The van der Waals surface area contributed by atoms with E-state index in [1.807, 2.05) is 61.5 Å². The number of allylic oxidation sites excluding steroid dienone is 1. The Balaban J connectivity index is 1.83. The van der Waals surface area contributed by atoms with Crippen LogP contribution < -0.4 is 24.4 Å². The number of fused-ring (bicyclic) bond motifs is 1. The molecule has 4 rings (SSSR count). The van der Waals surface area contributed by atoms with E-state index in [2.05, 4.69) is 11.6 Å². The first-order valence-electron chi connectivity index (χ1n) is 12.1. The predicted octanol–water partition coefficient (Wildman–Crippen LogP) is 4.15. The summed E-state index contributed by atoms with van der Waals surface area (Å²) in [4.78, 5) is 32.1. The first kappa shape index (κ1) is 26.2. The van der Waals surface area contributed by atoms with Gasteiger partial charge in [0.05, 0.1) is 34.6 Å². The van der Waals surface area contributed by atoms with Crippen LogP contribution in [0.3, 0.4) is 0 Å². The third-order valence-electron chi connectivity index (χ3n) is 5.64. The van der Waals surface area contributed by atoms with Crippen molar-refractivity contribution in [1.82, 2.24) is 4.57 Å². The van der Waals surface area contributed by atoms with Gasteiger partial charge in [-0.3, -0.25) is 9.36 Å². The lowest BCUT2D eigenvalue weighted by molar-refractivity contribution is -0.143. The van der Waals surface area contributed by atoms with Gasteiger partial charge in [-0.25, -0.2) is 9.79 Å². The number of esters is 1. The topological polar surface area (TPSA) is 79.1 Å². The molecule has 2 aromatic carbocycles. The molecule has 1 aliphatic rings. The Kier molecular flexibility index (Phi) is 8.08. The van der Waals surface area contributed by atoms with E-state index in [1.54, 1.807) is 31.4 Å². The number of aromatic nitrogens is 1. The summed E-state index contributed by atoms with van der Waals surface area (Å²) in [5, 5.41) is 0. The van der Waals surface area contributed by atoms with Gasteiger partial charge in [0, 0.05) is 0 Å². The van der Waals surface area contributed by atoms with Crippen LogP contribution in [-0.4, -0.2) is 29.9 Å². The van der Waals surface area contributed by atoms with Crippen LogP contribution >= 0.6 is 11.3 Å². The van der Waals surface area contributed by atoms with E-state index < -0.39 is 12.0 Å². The second kappa shape index (κ2) is 11.4. The summed E-state index contributed by atoms with van der Waals surface area (Å²) < 4.78 is 18.8. The summed E-state index contributed by atoms with van der Waals surface area (Å²) in [6, 6.07) is 14.2. The summed E-state index contributed by atoms with van der Waals surface area (Å²) >= 11 is 1.29. The molecule has 1 atom stereocenters. The lowest BCUT2D eigenvalue weighted by atomic mass is 9.96. The molecule has 0 saturated heterocycles. The number of thiazole rings is 1. The number of ether oxygens (including phenoxy) is 3. The average Bonchev–Trinajstić information content (AvgIpc) is 3.17. The first-order valence-corrected chi connectivity index (χ1v) is 12.9. The SMILES string of the molecule is C=CCOc1ccc(/C=c2/sc3n(c2=O)[C@@H](c2ccc(OCC)cc2)C(C(=O)OC(C)C)=C(C)N=3)cc1. The molecular formula is C29H30N2O5S. The molecule has 0 radical (unpaired) electrons. The lowest BCUT2D eigenvalue weighted by Crippen LogP contribution is -2.40. The number of hydrogen-bond acceptors (Lipinski definition) is 7. The Morgan fingerprint density at radius 3 is 2.38 bits per heavy atom. The first-order chi connectivity index (χ1) is 17.8. The molecule has 7 nitrogen and oxygen atoms in total. The molecule has 3 aromatic rings. The van der Waals surface area contributed by atoms with E-state index in [0.29, 0.717) is 39.6 Å². The van der Waals surface area contributed by atoms with Crippen molar-refractivity contribution in [2.24, 2.45) is 4.99 Å². The molecular weight excluding hydrogens is 488 g/mol. The highest BCUT2D eigenvalue weighted by Gasteiger charge is 2.33. The van der Waals surface area contributed by atoms with E-state index >= 15 is 0 Å². The number of carbonyl (C=O) groups is 1. The van der Waals surface area contributed by atoms with Gasteiger partial charge in [0.1, 0.15) is 18.1 Å². The standard InChI is InChI=1S/C29H30N2O5S/c1-6-16-35-23-12-8-20(9-13-23)17-24-27(32)31-26(21-10-14-22(15-11-21)34-7-2)25(28(33)36-18(3)4)19(5)30-29(31)37-24/h6,8-15,17-18,26H,1,7,16H2,2-5H3/b24-17+/t26-/m0/s1. The van der Waals surface area contributed by atoms with Crippen LogP contribution in [0.2, 0.25) is 0 Å². The Morgan fingerprint density at radius 2 is 1.76 bits per heavy atom. The summed E-state index contributed by atoms with van der Waals surface area (Å²) in [6.07, 6.45) is 3.20. The minimum atomic E-state index is -0.671. The highest BCUT2D eigenvalue weighted by molar-refractivity contribution is 7.07. The Bertz CT molecular complexity index is 1500. The number of carbonyl (C=O) groups excluding carboxylic acids is 1. The van der Waals surface area contributed by atoms with Crippen LogP contribution in [0.4, 0.5) is 0 Å². The summed E-state index contributed by atoms with van der Waals surface area (Å²) in [7, 11) is 0. The van der Waals surface area contributed by atoms with E-state index in [1.165, 1.54) is 11.3 Å². The Hall–Kier alpha value is -3.91. The fourth-order valence-corrected chi connectivity index (χ4v) is 5.10. The maximum absolute atomic E-state index is 13.7. The highest BCUT2D eigenvalue weighted by Crippen LogP contribution is 2.32. The van der Waals surface area contributed by atoms with Gasteiger partial charge in [0.25, 0.3) is 5.56 Å². The Labute approximate surface area is 219 Å². The van der Waals surface area contributed by atoms with Gasteiger partial charge in [-0.2, -0.15) is 0 Å². The molecule has 1 aromatic heterocycles.